The topological polar surface area (TPSA) is 125 Å². The number of carbonyl (C=O) groups is 2. The van der Waals surface area contributed by atoms with Gasteiger partial charge in [-0.2, -0.15) is 0 Å². The van der Waals surface area contributed by atoms with Crippen molar-refractivity contribution in [3.05, 3.63) is 89.0 Å². The molecule has 0 heterocycles. The zero-order valence-electron chi connectivity index (χ0n) is 18.5. The molecule has 2 unspecified atom stereocenters. The summed E-state index contributed by atoms with van der Waals surface area (Å²) in [7, 11) is 1.31. The Morgan fingerprint density at radius 2 is 1.56 bits per heavy atom. The van der Waals surface area contributed by atoms with Gasteiger partial charge in [-0.05, 0) is 28.3 Å². The zero-order valence-corrected chi connectivity index (χ0v) is 18.5. The molecule has 1 amide bonds. The summed E-state index contributed by atoms with van der Waals surface area (Å²) in [5.74, 6) is -1.35. The third-order valence-electron chi connectivity index (χ3n) is 5.97. The van der Waals surface area contributed by atoms with Crippen LogP contribution < -0.4 is 10.1 Å². The summed E-state index contributed by atoms with van der Waals surface area (Å²) < 4.78 is 10.5. The molecule has 0 spiro atoms. The van der Waals surface area contributed by atoms with Gasteiger partial charge in [-0.1, -0.05) is 60.7 Å². The number of aromatic carboxylic acids is 1. The predicted octanol–water partition coefficient (Wildman–Crippen LogP) is 3.33. The molecule has 4 N–H and O–H groups in total. The molecule has 8 nitrogen and oxygen atoms in total. The number of hydrogen-bond acceptors (Lipinski definition) is 6. The second-order valence-corrected chi connectivity index (χ2v) is 7.95. The van der Waals surface area contributed by atoms with Crippen LogP contribution in [-0.2, 0) is 4.74 Å². The number of benzene rings is 3. The van der Waals surface area contributed by atoms with Gasteiger partial charge in [0.05, 0.1) is 7.11 Å². The van der Waals surface area contributed by atoms with Crippen molar-refractivity contribution in [2.45, 2.75) is 18.1 Å². The van der Waals surface area contributed by atoms with Gasteiger partial charge in [0.2, 0.25) is 0 Å². The number of methoxy groups -OCH3 is 1. The Labute approximate surface area is 196 Å². The molecule has 2 atom stereocenters. The lowest BCUT2D eigenvalue weighted by atomic mass is 9.97. The van der Waals surface area contributed by atoms with Crippen LogP contribution in [0.25, 0.3) is 11.1 Å². The first-order valence-corrected chi connectivity index (χ1v) is 10.8. The second kappa shape index (κ2) is 9.94. The maximum atomic E-state index is 12.3. The molecular weight excluding hydrogens is 438 g/mol. The summed E-state index contributed by atoms with van der Waals surface area (Å²) in [4.78, 5) is 23.9. The molecule has 176 valence electrons. The summed E-state index contributed by atoms with van der Waals surface area (Å²) in [6, 6.07) is 20.3. The van der Waals surface area contributed by atoms with Gasteiger partial charge >= 0.3 is 12.1 Å². The second-order valence-electron chi connectivity index (χ2n) is 7.95. The van der Waals surface area contributed by atoms with E-state index in [1.807, 2.05) is 48.5 Å². The molecule has 3 aromatic rings. The smallest absolute Gasteiger partial charge is 0.407 e. The van der Waals surface area contributed by atoms with E-state index in [2.05, 4.69) is 5.32 Å². The fourth-order valence-corrected chi connectivity index (χ4v) is 4.35. The van der Waals surface area contributed by atoms with Crippen LogP contribution in [0.15, 0.2) is 66.7 Å². The minimum Gasteiger partial charge on any atom is -0.496 e. The lowest BCUT2D eigenvalue weighted by molar-refractivity contribution is 0.0173. The Bertz CT molecular complexity index is 1160. The Morgan fingerprint density at radius 1 is 0.941 bits per heavy atom. The molecule has 0 fully saturated rings. The first-order chi connectivity index (χ1) is 16.4. The molecular formula is C26H25NO7. The molecule has 4 rings (SSSR count). The quantitative estimate of drug-likeness (QED) is 0.404. The van der Waals surface area contributed by atoms with E-state index < -0.39 is 24.3 Å². The van der Waals surface area contributed by atoms with Crippen molar-refractivity contribution < 1.29 is 34.4 Å². The molecule has 0 saturated heterocycles. The minimum atomic E-state index is -1.56. The molecule has 0 saturated carbocycles. The monoisotopic (exact) mass is 463 g/mol. The van der Waals surface area contributed by atoms with Gasteiger partial charge < -0.3 is 30.1 Å². The maximum Gasteiger partial charge on any atom is 0.407 e. The minimum absolute atomic E-state index is 0.0197. The number of nitrogens with one attached hydrogen (secondary N) is 1. The number of aliphatic hydroxyl groups is 2. The van der Waals surface area contributed by atoms with E-state index in [1.165, 1.54) is 25.3 Å². The van der Waals surface area contributed by atoms with Crippen LogP contribution in [0.5, 0.6) is 5.75 Å². The summed E-state index contributed by atoms with van der Waals surface area (Å²) in [6.07, 6.45) is -3.78. The Morgan fingerprint density at radius 3 is 2.15 bits per heavy atom. The number of amides is 1. The van der Waals surface area contributed by atoms with Gasteiger partial charge in [0.25, 0.3) is 0 Å². The van der Waals surface area contributed by atoms with Crippen LogP contribution in [-0.4, -0.2) is 53.7 Å². The van der Waals surface area contributed by atoms with Gasteiger partial charge in [-0.25, -0.2) is 9.59 Å². The number of carbonyl (C=O) groups excluding carboxylic acids is 1. The number of aliphatic hydroxyl groups excluding tert-OH is 2. The van der Waals surface area contributed by atoms with Crippen molar-refractivity contribution in [2.24, 2.45) is 0 Å². The molecule has 0 bridgehead atoms. The van der Waals surface area contributed by atoms with Crippen LogP contribution in [0, 0.1) is 0 Å². The summed E-state index contributed by atoms with van der Waals surface area (Å²) in [5.41, 5.74) is 4.10. The first-order valence-electron chi connectivity index (χ1n) is 10.8. The van der Waals surface area contributed by atoms with E-state index in [-0.39, 0.29) is 35.9 Å². The van der Waals surface area contributed by atoms with Gasteiger partial charge in [-0.15, -0.1) is 0 Å². The number of ether oxygens (including phenoxy) is 2. The molecule has 3 aromatic carbocycles. The first kappa shape index (κ1) is 23.3. The summed E-state index contributed by atoms with van der Waals surface area (Å²) >= 11 is 0. The third kappa shape index (κ3) is 4.46. The fourth-order valence-electron chi connectivity index (χ4n) is 4.35. The van der Waals surface area contributed by atoms with Gasteiger partial charge in [0.15, 0.2) is 0 Å². The van der Waals surface area contributed by atoms with Crippen LogP contribution in [0.4, 0.5) is 4.79 Å². The van der Waals surface area contributed by atoms with Crippen molar-refractivity contribution in [3.63, 3.8) is 0 Å². The number of fused-ring (bicyclic) bond motifs is 3. The van der Waals surface area contributed by atoms with E-state index in [0.717, 1.165) is 22.3 Å². The normalized spacial score (nSPS) is 14.0. The van der Waals surface area contributed by atoms with E-state index >= 15 is 0 Å². The summed E-state index contributed by atoms with van der Waals surface area (Å²) in [6.45, 7) is -0.230. The van der Waals surface area contributed by atoms with Crippen molar-refractivity contribution in [1.29, 1.82) is 0 Å². The maximum absolute atomic E-state index is 12.3. The molecule has 1 aliphatic rings. The fraction of sp³-hybridized carbons (Fsp3) is 0.231. The highest BCUT2D eigenvalue weighted by molar-refractivity contribution is 5.93. The number of carboxylic acid groups (broad SMARTS) is 1. The van der Waals surface area contributed by atoms with Gasteiger partial charge in [0, 0.05) is 18.0 Å². The highest BCUT2D eigenvalue weighted by atomic mass is 16.5. The molecule has 8 heteroatoms. The predicted molar refractivity (Wildman–Crippen MR) is 124 cm³/mol. The van der Waals surface area contributed by atoms with E-state index in [9.17, 15) is 24.9 Å². The van der Waals surface area contributed by atoms with Crippen molar-refractivity contribution >= 4 is 12.1 Å². The largest absolute Gasteiger partial charge is 0.496 e. The molecule has 1 aliphatic carbocycles. The molecule has 0 aliphatic heterocycles. The lowest BCUT2D eigenvalue weighted by Gasteiger charge is -2.21. The molecule has 34 heavy (non-hydrogen) atoms. The van der Waals surface area contributed by atoms with E-state index in [0.29, 0.717) is 0 Å². The number of alkyl carbamates (subject to hydrolysis) is 1. The Kier molecular flexibility index (Phi) is 6.81. The van der Waals surface area contributed by atoms with Crippen LogP contribution >= 0.6 is 0 Å². The van der Waals surface area contributed by atoms with Crippen molar-refractivity contribution in [1.82, 2.24) is 5.32 Å². The lowest BCUT2D eigenvalue weighted by Crippen LogP contribution is -2.36. The number of hydrogen-bond donors (Lipinski definition) is 4. The number of rotatable bonds is 8. The average molecular weight is 463 g/mol. The Balaban J connectivity index is 1.38. The third-order valence-corrected chi connectivity index (χ3v) is 5.97. The van der Waals surface area contributed by atoms with E-state index in [4.69, 9.17) is 9.47 Å². The summed E-state index contributed by atoms with van der Waals surface area (Å²) in [5, 5.41) is 32.8. The van der Waals surface area contributed by atoms with Gasteiger partial charge in [0.1, 0.15) is 30.1 Å². The SMILES string of the molecule is COc1cccc(C(O)C(O)CNC(=O)OCC2c3ccccc3-c3ccccc32)c1C(=O)O. The highest BCUT2D eigenvalue weighted by Crippen LogP contribution is 2.44. The van der Waals surface area contributed by atoms with Gasteiger partial charge in [-0.3, -0.25) is 0 Å². The average Bonchev–Trinajstić information content (AvgIpc) is 3.18. The van der Waals surface area contributed by atoms with Crippen molar-refractivity contribution in [2.75, 3.05) is 20.3 Å². The molecule has 0 radical (unpaired) electrons. The Hall–Kier alpha value is -3.88. The van der Waals surface area contributed by atoms with E-state index in [1.54, 1.807) is 0 Å². The molecule has 0 aromatic heterocycles. The highest BCUT2D eigenvalue weighted by Gasteiger charge is 2.30. The van der Waals surface area contributed by atoms with Crippen LogP contribution in [0.1, 0.15) is 39.1 Å². The standard InChI is InChI=1S/C26H25NO7/c1-33-22-12-6-11-19(23(22)25(30)31)24(29)21(28)13-27-26(32)34-14-20-17-9-4-2-7-15(17)16-8-3-5-10-18(16)20/h2-12,20-21,24,28-29H,13-14H2,1H3,(H,27,32)(H,30,31). The zero-order chi connectivity index (χ0) is 24.2. The number of carboxylic acids is 1. The van der Waals surface area contributed by atoms with Crippen LogP contribution in [0.3, 0.4) is 0 Å². The van der Waals surface area contributed by atoms with Crippen LogP contribution in [0.2, 0.25) is 0 Å². The van der Waals surface area contributed by atoms with Crippen molar-refractivity contribution in [3.8, 4) is 16.9 Å².